The topological polar surface area (TPSA) is 33.2 Å². The first-order chi connectivity index (χ1) is 9.25. The molecular weight excluding hydrogens is 243 g/mol. The van der Waals surface area contributed by atoms with E-state index in [9.17, 15) is 9.18 Å². The first-order valence-electron chi connectivity index (χ1n) is 6.26. The maximum absolute atomic E-state index is 13.2. The number of nitrogens with zero attached hydrogens (tertiary/aromatic N) is 2. The van der Waals surface area contributed by atoms with Crippen LogP contribution in [-0.2, 0) is 6.42 Å². The van der Waals surface area contributed by atoms with Crippen LogP contribution >= 0.6 is 0 Å². The van der Waals surface area contributed by atoms with Gasteiger partial charge < -0.3 is 4.90 Å². The second-order valence-corrected chi connectivity index (χ2v) is 4.57. The molecule has 4 heteroatoms. The van der Waals surface area contributed by atoms with Crippen molar-refractivity contribution in [1.82, 2.24) is 4.98 Å². The highest BCUT2D eigenvalue weighted by Crippen LogP contribution is 2.28. The van der Waals surface area contributed by atoms with Crippen LogP contribution in [0.25, 0.3) is 0 Å². The third-order valence-electron chi connectivity index (χ3n) is 3.33. The van der Waals surface area contributed by atoms with Crippen molar-refractivity contribution in [3.05, 3.63) is 59.7 Å². The van der Waals surface area contributed by atoms with Gasteiger partial charge in [0.1, 0.15) is 5.82 Å². The maximum Gasteiger partial charge on any atom is 0.258 e. The monoisotopic (exact) mass is 256 g/mol. The Morgan fingerprint density at radius 2 is 2.00 bits per heavy atom. The lowest BCUT2D eigenvalue weighted by atomic mass is 10.0. The average molecular weight is 256 g/mol. The number of aromatic nitrogens is 1. The minimum absolute atomic E-state index is 0.0602. The lowest BCUT2D eigenvalue weighted by Gasteiger charge is -2.29. The summed E-state index contributed by atoms with van der Waals surface area (Å²) in [4.78, 5) is 18.1. The predicted molar refractivity (Wildman–Crippen MR) is 70.6 cm³/mol. The zero-order chi connectivity index (χ0) is 13.2. The summed E-state index contributed by atoms with van der Waals surface area (Å²) in [5.74, 6) is -0.313. The highest BCUT2D eigenvalue weighted by atomic mass is 19.1. The number of anilines is 1. The molecule has 0 fully saturated rings. The highest BCUT2D eigenvalue weighted by molar-refractivity contribution is 6.06. The molecule has 0 spiro atoms. The lowest BCUT2D eigenvalue weighted by Crippen LogP contribution is -2.35. The van der Waals surface area contributed by atoms with E-state index in [2.05, 4.69) is 4.98 Å². The Labute approximate surface area is 110 Å². The number of hydrogen-bond donors (Lipinski definition) is 0. The van der Waals surface area contributed by atoms with E-state index in [1.807, 2.05) is 0 Å². The summed E-state index contributed by atoms with van der Waals surface area (Å²) in [5, 5.41) is 0. The van der Waals surface area contributed by atoms with E-state index in [4.69, 9.17) is 0 Å². The van der Waals surface area contributed by atoms with Gasteiger partial charge in [0.05, 0.1) is 0 Å². The molecule has 1 aliphatic rings. The summed E-state index contributed by atoms with van der Waals surface area (Å²) in [6.45, 7) is 0.666. The standard InChI is InChI=1S/C15H13FN2O/c16-13-3-4-14-12(10-13)2-1-9-18(14)15(19)11-5-7-17-8-6-11/h3-8,10H,1-2,9H2. The first kappa shape index (κ1) is 11.8. The van der Waals surface area contributed by atoms with Gasteiger partial charge in [-0.2, -0.15) is 0 Å². The van der Waals surface area contributed by atoms with Crippen LogP contribution in [0.3, 0.4) is 0 Å². The summed E-state index contributed by atoms with van der Waals surface area (Å²) in [6.07, 6.45) is 4.87. The summed E-state index contributed by atoms with van der Waals surface area (Å²) in [7, 11) is 0. The number of benzene rings is 1. The van der Waals surface area contributed by atoms with E-state index < -0.39 is 0 Å². The van der Waals surface area contributed by atoms with E-state index in [-0.39, 0.29) is 11.7 Å². The highest BCUT2D eigenvalue weighted by Gasteiger charge is 2.23. The van der Waals surface area contributed by atoms with Gasteiger partial charge in [-0.1, -0.05) is 0 Å². The predicted octanol–water partition coefficient (Wildman–Crippen LogP) is 2.81. The summed E-state index contributed by atoms with van der Waals surface area (Å²) in [6, 6.07) is 7.99. The number of carbonyl (C=O) groups excluding carboxylic acids is 1. The van der Waals surface area contributed by atoms with Crippen molar-refractivity contribution in [2.24, 2.45) is 0 Å². The van der Waals surface area contributed by atoms with Crippen LogP contribution in [-0.4, -0.2) is 17.4 Å². The van der Waals surface area contributed by atoms with Gasteiger partial charge in [0.25, 0.3) is 5.91 Å². The van der Waals surface area contributed by atoms with Crippen LogP contribution < -0.4 is 4.90 Å². The molecule has 1 aliphatic heterocycles. The number of fused-ring (bicyclic) bond motifs is 1. The number of aryl methyl sites for hydroxylation is 1. The van der Waals surface area contributed by atoms with Crippen molar-refractivity contribution in [3.63, 3.8) is 0 Å². The fourth-order valence-corrected chi connectivity index (χ4v) is 2.43. The normalized spacial score (nSPS) is 14.1. The Morgan fingerprint density at radius 1 is 1.21 bits per heavy atom. The smallest absolute Gasteiger partial charge is 0.258 e. The molecule has 0 saturated carbocycles. The van der Waals surface area contributed by atoms with Crippen molar-refractivity contribution in [3.8, 4) is 0 Å². The quantitative estimate of drug-likeness (QED) is 0.786. The lowest BCUT2D eigenvalue weighted by molar-refractivity contribution is 0.0985. The summed E-state index contributed by atoms with van der Waals surface area (Å²) < 4.78 is 13.2. The molecule has 0 saturated heterocycles. The first-order valence-corrected chi connectivity index (χ1v) is 6.26. The Kier molecular flexibility index (Phi) is 2.99. The van der Waals surface area contributed by atoms with Crippen LogP contribution in [0.2, 0.25) is 0 Å². The van der Waals surface area contributed by atoms with Crippen LogP contribution in [0.15, 0.2) is 42.7 Å². The van der Waals surface area contributed by atoms with E-state index >= 15 is 0 Å². The summed E-state index contributed by atoms with van der Waals surface area (Å²) >= 11 is 0. The molecule has 0 aliphatic carbocycles. The van der Waals surface area contributed by atoms with Gasteiger partial charge in [-0.25, -0.2) is 4.39 Å². The van der Waals surface area contributed by atoms with E-state index in [1.165, 1.54) is 12.1 Å². The van der Waals surface area contributed by atoms with Crippen molar-refractivity contribution >= 4 is 11.6 Å². The van der Waals surface area contributed by atoms with Crippen molar-refractivity contribution < 1.29 is 9.18 Å². The molecule has 0 N–H and O–H groups in total. The molecule has 2 heterocycles. The molecule has 3 rings (SSSR count). The van der Waals surface area contributed by atoms with Gasteiger partial charge in [0.2, 0.25) is 0 Å². The van der Waals surface area contributed by atoms with Gasteiger partial charge in [0.15, 0.2) is 0 Å². The molecule has 1 amide bonds. The number of halogens is 1. The zero-order valence-electron chi connectivity index (χ0n) is 10.3. The fourth-order valence-electron chi connectivity index (χ4n) is 2.43. The van der Waals surface area contributed by atoms with E-state index in [0.717, 1.165) is 24.1 Å². The number of amides is 1. The van der Waals surface area contributed by atoms with Crippen molar-refractivity contribution in [2.75, 3.05) is 11.4 Å². The second kappa shape index (κ2) is 4.80. The van der Waals surface area contributed by atoms with Gasteiger partial charge >= 0.3 is 0 Å². The van der Waals surface area contributed by atoms with Gasteiger partial charge in [0, 0.05) is 30.2 Å². The molecule has 0 atom stereocenters. The molecule has 0 radical (unpaired) electrons. The number of rotatable bonds is 1. The second-order valence-electron chi connectivity index (χ2n) is 4.57. The molecule has 0 unspecified atom stereocenters. The maximum atomic E-state index is 13.2. The average Bonchev–Trinajstić information content (AvgIpc) is 2.46. The Bertz CT molecular complexity index is 613. The minimum Gasteiger partial charge on any atom is -0.308 e. The zero-order valence-corrected chi connectivity index (χ0v) is 10.3. The van der Waals surface area contributed by atoms with Crippen molar-refractivity contribution in [1.29, 1.82) is 0 Å². The Balaban J connectivity index is 1.98. The molecule has 1 aromatic carbocycles. The molecule has 2 aromatic rings. The van der Waals surface area contributed by atoms with Gasteiger partial charge in [-0.3, -0.25) is 9.78 Å². The molecule has 0 bridgehead atoms. The number of carbonyl (C=O) groups is 1. The van der Waals surface area contributed by atoms with Crippen LogP contribution in [0.5, 0.6) is 0 Å². The molecular formula is C15H13FN2O. The fraction of sp³-hybridized carbons (Fsp3) is 0.200. The molecule has 19 heavy (non-hydrogen) atoms. The SMILES string of the molecule is O=C(c1ccncc1)N1CCCc2cc(F)ccc21. The largest absolute Gasteiger partial charge is 0.308 e. The third kappa shape index (κ3) is 2.21. The number of pyridine rings is 1. The summed E-state index contributed by atoms with van der Waals surface area (Å²) in [5.41, 5.74) is 2.32. The van der Waals surface area contributed by atoms with Crippen LogP contribution in [0, 0.1) is 5.82 Å². The molecule has 3 nitrogen and oxygen atoms in total. The number of hydrogen-bond acceptors (Lipinski definition) is 2. The third-order valence-corrected chi connectivity index (χ3v) is 3.33. The van der Waals surface area contributed by atoms with E-state index in [0.29, 0.717) is 12.1 Å². The van der Waals surface area contributed by atoms with Crippen LogP contribution in [0.1, 0.15) is 22.3 Å². The van der Waals surface area contributed by atoms with E-state index in [1.54, 1.807) is 35.5 Å². The van der Waals surface area contributed by atoms with Crippen LogP contribution in [0.4, 0.5) is 10.1 Å². The Hall–Kier alpha value is -2.23. The molecule has 96 valence electrons. The van der Waals surface area contributed by atoms with Crippen molar-refractivity contribution in [2.45, 2.75) is 12.8 Å². The van der Waals surface area contributed by atoms with Gasteiger partial charge in [-0.05, 0) is 48.7 Å². The van der Waals surface area contributed by atoms with Gasteiger partial charge in [-0.15, -0.1) is 0 Å². The Morgan fingerprint density at radius 3 is 2.79 bits per heavy atom. The molecule has 1 aromatic heterocycles. The minimum atomic E-state index is -0.253.